The number of amides is 1. The van der Waals surface area contributed by atoms with Gasteiger partial charge in [-0.05, 0) is 44.2 Å². The molecule has 128 valence electrons. The first-order valence-corrected chi connectivity index (χ1v) is 8.68. The van der Waals surface area contributed by atoms with Crippen molar-refractivity contribution in [3.8, 4) is 0 Å². The van der Waals surface area contributed by atoms with E-state index in [1.165, 1.54) is 25.7 Å². The third-order valence-corrected chi connectivity index (χ3v) is 6.10. The van der Waals surface area contributed by atoms with Gasteiger partial charge >= 0.3 is 5.97 Å². The normalized spacial score (nSPS) is 31.0. The predicted molar refractivity (Wildman–Crippen MR) is 89.0 cm³/mol. The molecule has 2 N–H and O–H groups in total. The van der Waals surface area contributed by atoms with Gasteiger partial charge in [0.05, 0.1) is 5.41 Å². The van der Waals surface area contributed by atoms with Crippen molar-refractivity contribution in [3.05, 3.63) is 23.9 Å². The lowest BCUT2D eigenvalue weighted by Gasteiger charge is -2.67. The molecular formula is C18H23N3O3. The number of anilines is 1. The van der Waals surface area contributed by atoms with E-state index in [0.29, 0.717) is 30.9 Å². The maximum Gasteiger partial charge on any atom is 0.309 e. The second-order valence-corrected chi connectivity index (χ2v) is 7.80. The van der Waals surface area contributed by atoms with E-state index in [1.807, 2.05) is 13.1 Å². The molecule has 1 aromatic rings. The van der Waals surface area contributed by atoms with E-state index in [-0.39, 0.29) is 11.4 Å². The first-order valence-electron chi connectivity index (χ1n) is 8.68. The van der Waals surface area contributed by atoms with E-state index >= 15 is 0 Å². The highest BCUT2D eigenvalue weighted by atomic mass is 16.4. The number of rotatable bonds is 5. The summed E-state index contributed by atoms with van der Waals surface area (Å²) in [5.74, 6) is -0.0330. The Kier molecular flexibility index (Phi) is 3.34. The highest BCUT2D eigenvalue weighted by Gasteiger charge is 2.72. The zero-order valence-corrected chi connectivity index (χ0v) is 13.9. The maximum atomic E-state index is 12.5. The zero-order valence-electron chi connectivity index (χ0n) is 13.9. The van der Waals surface area contributed by atoms with Crippen LogP contribution in [0.3, 0.4) is 0 Å². The molecule has 4 aliphatic rings. The summed E-state index contributed by atoms with van der Waals surface area (Å²) in [4.78, 5) is 30.3. The minimum atomic E-state index is -0.733. The van der Waals surface area contributed by atoms with Crippen molar-refractivity contribution in [2.45, 2.75) is 56.5 Å². The highest BCUT2D eigenvalue weighted by Crippen LogP contribution is 2.67. The van der Waals surface area contributed by atoms with E-state index < -0.39 is 11.4 Å². The smallest absolute Gasteiger partial charge is 0.309 e. The fourth-order valence-electron chi connectivity index (χ4n) is 4.69. The van der Waals surface area contributed by atoms with E-state index in [1.54, 1.807) is 12.3 Å². The van der Waals surface area contributed by atoms with Crippen molar-refractivity contribution in [2.75, 3.05) is 11.9 Å². The van der Waals surface area contributed by atoms with E-state index in [2.05, 4.69) is 15.2 Å². The molecule has 1 heterocycles. The van der Waals surface area contributed by atoms with E-state index in [4.69, 9.17) is 0 Å². The van der Waals surface area contributed by atoms with Gasteiger partial charge in [0.25, 0.3) is 5.91 Å². The molecule has 5 rings (SSSR count). The number of pyridine rings is 1. The average molecular weight is 329 g/mol. The molecule has 6 heteroatoms. The second-order valence-electron chi connectivity index (χ2n) is 7.80. The van der Waals surface area contributed by atoms with Crippen LogP contribution in [0.15, 0.2) is 18.3 Å². The third-order valence-electron chi connectivity index (χ3n) is 6.10. The summed E-state index contributed by atoms with van der Waals surface area (Å²) in [5, 5.41) is 12.2. The van der Waals surface area contributed by atoms with Gasteiger partial charge in [0.15, 0.2) is 0 Å². The molecular weight excluding hydrogens is 306 g/mol. The summed E-state index contributed by atoms with van der Waals surface area (Å²) in [6.07, 6.45) is 8.20. The van der Waals surface area contributed by atoms with Crippen LogP contribution in [0.4, 0.5) is 5.82 Å². The molecule has 4 fully saturated rings. The van der Waals surface area contributed by atoms with Crippen LogP contribution in [0, 0.1) is 5.41 Å². The van der Waals surface area contributed by atoms with Gasteiger partial charge in [-0.25, -0.2) is 4.98 Å². The van der Waals surface area contributed by atoms with Gasteiger partial charge < -0.3 is 15.3 Å². The average Bonchev–Trinajstić information content (AvgIpc) is 3.02. The van der Waals surface area contributed by atoms with Crippen LogP contribution < -0.4 is 10.2 Å². The lowest BCUT2D eigenvalue weighted by Crippen LogP contribution is -2.77. The molecule has 0 aliphatic heterocycles. The van der Waals surface area contributed by atoms with Crippen molar-refractivity contribution in [3.63, 3.8) is 0 Å². The van der Waals surface area contributed by atoms with Gasteiger partial charge in [0.2, 0.25) is 0 Å². The molecule has 2 bridgehead atoms. The Balaban J connectivity index is 1.42. The standard InChI is InChI=1S/C18H23N3O3/c1-21(13-4-2-3-5-13)14-8-12(6-7-19-14)15(22)20-18-9-17(10-18,11-18)16(23)24/h6-8,13H,2-5,9-11H2,1H3,(H,20,22)(H,23,24). The number of aliphatic carboxylic acids is 1. The molecule has 0 radical (unpaired) electrons. The van der Waals surface area contributed by atoms with Crippen LogP contribution >= 0.6 is 0 Å². The number of carbonyl (C=O) groups excluding carboxylic acids is 1. The van der Waals surface area contributed by atoms with Crippen LogP contribution in [0.2, 0.25) is 0 Å². The first-order chi connectivity index (χ1) is 11.4. The fraction of sp³-hybridized carbons (Fsp3) is 0.611. The Hall–Kier alpha value is -2.11. The summed E-state index contributed by atoms with van der Waals surface area (Å²) in [7, 11) is 2.04. The summed E-state index contributed by atoms with van der Waals surface area (Å²) in [6, 6.07) is 4.06. The third kappa shape index (κ3) is 2.27. The number of aromatic nitrogens is 1. The van der Waals surface area contributed by atoms with E-state index in [0.717, 1.165) is 5.82 Å². The first kappa shape index (κ1) is 15.4. The number of carboxylic acids is 1. The lowest BCUT2D eigenvalue weighted by atomic mass is 9.39. The second kappa shape index (κ2) is 5.19. The van der Waals surface area contributed by atoms with Crippen LogP contribution in [0.5, 0.6) is 0 Å². The number of hydrogen-bond donors (Lipinski definition) is 2. The Bertz CT molecular complexity index is 677. The van der Waals surface area contributed by atoms with Crippen molar-refractivity contribution < 1.29 is 14.7 Å². The summed E-state index contributed by atoms with van der Waals surface area (Å²) < 4.78 is 0. The van der Waals surface area contributed by atoms with Crippen LogP contribution in [0.25, 0.3) is 0 Å². The minimum Gasteiger partial charge on any atom is -0.481 e. The number of carboxylic acid groups (broad SMARTS) is 1. The number of nitrogens with one attached hydrogen (secondary N) is 1. The summed E-state index contributed by atoms with van der Waals surface area (Å²) in [5.41, 5.74) is -0.269. The largest absolute Gasteiger partial charge is 0.481 e. The molecule has 0 atom stereocenters. The Morgan fingerprint density at radius 2 is 1.96 bits per heavy atom. The minimum absolute atomic E-state index is 0.128. The monoisotopic (exact) mass is 329 g/mol. The number of nitrogens with zero attached hydrogens (tertiary/aromatic N) is 2. The van der Waals surface area contributed by atoms with Crippen molar-refractivity contribution in [1.29, 1.82) is 0 Å². The molecule has 0 aromatic carbocycles. The van der Waals surface area contributed by atoms with Crippen molar-refractivity contribution in [2.24, 2.45) is 5.41 Å². The van der Waals surface area contributed by atoms with Gasteiger partial charge in [-0.1, -0.05) is 12.8 Å². The molecule has 24 heavy (non-hydrogen) atoms. The molecule has 4 aliphatic carbocycles. The molecule has 1 amide bonds. The Labute approximate surface area is 141 Å². The molecule has 4 saturated carbocycles. The molecule has 0 unspecified atom stereocenters. The molecule has 0 spiro atoms. The van der Waals surface area contributed by atoms with Gasteiger partial charge in [-0.15, -0.1) is 0 Å². The van der Waals surface area contributed by atoms with E-state index in [9.17, 15) is 14.7 Å². The lowest BCUT2D eigenvalue weighted by molar-refractivity contribution is -0.196. The topological polar surface area (TPSA) is 82.5 Å². The van der Waals surface area contributed by atoms with Crippen molar-refractivity contribution in [1.82, 2.24) is 10.3 Å². The highest BCUT2D eigenvalue weighted by molar-refractivity contribution is 5.96. The summed E-state index contributed by atoms with van der Waals surface area (Å²) >= 11 is 0. The van der Waals surface area contributed by atoms with Crippen LogP contribution in [-0.4, -0.2) is 40.6 Å². The van der Waals surface area contributed by atoms with Crippen LogP contribution in [-0.2, 0) is 4.79 Å². The maximum absolute atomic E-state index is 12.5. The van der Waals surface area contributed by atoms with Gasteiger partial charge in [0.1, 0.15) is 5.82 Å². The van der Waals surface area contributed by atoms with Gasteiger partial charge in [0, 0.05) is 30.4 Å². The Morgan fingerprint density at radius 1 is 1.29 bits per heavy atom. The Morgan fingerprint density at radius 3 is 2.58 bits per heavy atom. The fourth-order valence-corrected chi connectivity index (χ4v) is 4.69. The van der Waals surface area contributed by atoms with Gasteiger partial charge in [-0.2, -0.15) is 0 Å². The predicted octanol–water partition coefficient (Wildman–Crippen LogP) is 2.20. The SMILES string of the molecule is CN(c1cc(C(=O)NC23CC(C(=O)O)(C2)C3)ccn1)C1CCCC1. The molecule has 6 nitrogen and oxygen atoms in total. The molecule has 0 saturated heterocycles. The zero-order chi connectivity index (χ0) is 16.9. The van der Waals surface area contributed by atoms with Crippen LogP contribution in [0.1, 0.15) is 55.3 Å². The van der Waals surface area contributed by atoms with Gasteiger partial charge in [-0.3, -0.25) is 9.59 Å². The molecule has 1 aromatic heterocycles. The summed E-state index contributed by atoms with van der Waals surface area (Å²) in [6.45, 7) is 0. The quantitative estimate of drug-likeness (QED) is 0.865. The number of hydrogen-bond acceptors (Lipinski definition) is 4. The van der Waals surface area contributed by atoms with Crippen molar-refractivity contribution >= 4 is 17.7 Å². The number of carbonyl (C=O) groups is 2.